The number of nitrogens with zero attached hydrogens (tertiary/aromatic N) is 2. The third-order valence-corrected chi connectivity index (χ3v) is 10.1. The van der Waals surface area contributed by atoms with Crippen LogP contribution in [0, 0.1) is 5.41 Å². The van der Waals surface area contributed by atoms with E-state index in [0.29, 0.717) is 39.5 Å². The Morgan fingerprint density at radius 1 is 0.981 bits per heavy atom. The quantitative estimate of drug-likeness (QED) is 0.147. The largest absolute Gasteiger partial charge is 0.490 e. The van der Waals surface area contributed by atoms with Gasteiger partial charge in [-0.2, -0.15) is 8.42 Å². The van der Waals surface area contributed by atoms with Gasteiger partial charge in [0.15, 0.2) is 0 Å². The van der Waals surface area contributed by atoms with E-state index in [1.165, 1.54) is 4.90 Å². The number of carboxylic acid groups (broad SMARTS) is 1. The molecule has 1 unspecified atom stereocenters. The maximum absolute atomic E-state index is 12.9. The molecule has 2 aromatic rings. The summed E-state index contributed by atoms with van der Waals surface area (Å²) in [6.45, 7) is 12.5. The Labute approximate surface area is 309 Å². The Kier molecular flexibility index (Phi) is 15.6. The molecule has 52 heavy (non-hydrogen) atoms. The lowest BCUT2D eigenvalue weighted by atomic mass is 9.71. The predicted molar refractivity (Wildman–Crippen MR) is 198 cm³/mol. The number of benzene rings is 2. The summed E-state index contributed by atoms with van der Waals surface area (Å²) in [6.07, 6.45) is -0.677. The van der Waals surface area contributed by atoms with Crippen molar-refractivity contribution in [1.29, 1.82) is 0 Å². The fourth-order valence-electron chi connectivity index (χ4n) is 7.05. The third kappa shape index (κ3) is 12.0. The molecule has 0 saturated carbocycles. The van der Waals surface area contributed by atoms with Crippen LogP contribution in [0.4, 0.5) is 10.5 Å². The molecule has 1 saturated heterocycles. The number of hydrogen-bond donors (Lipinski definition) is 1. The summed E-state index contributed by atoms with van der Waals surface area (Å²) in [6, 6.07) is 13.6. The van der Waals surface area contributed by atoms with Crippen LogP contribution in [0.3, 0.4) is 0 Å². The van der Waals surface area contributed by atoms with E-state index in [1.54, 1.807) is 21.1 Å². The first kappa shape index (κ1) is 41.8. The highest BCUT2D eigenvalue weighted by Gasteiger charge is 2.51. The summed E-state index contributed by atoms with van der Waals surface area (Å²) in [5.74, 6) is 0.461. The minimum Gasteiger partial charge on any atom is -0.490 e. The molecular weight excluding hydrogens is 692 g/mol. The molecule has 0 aromatic heterocycles. The number of amides is 1. The van der Waals surface area contributed by atoms with Gasteiger partial charge in [0.25, 0.3) is 10.1 Å². The van der Waals surface area contributed by atoms with Gasteiger partial charge in [0.2, 0.25) is 0 Å². The first-order chi connectivity index (χ1) is 24.7. The number of piperidine rings is 1. The molecule has 1 fully saturated rings. The van der Waals surface area contributed by atoms with Gasteiger partial charge in [-0.15, -0.1) is 0 Å². The van der Waals surface area contributed by atoms with Gasteiger partial charge in [-0.1, -0.05) is 51.1 Å². The third-order valence-electron chi connectivity index (χ3n) is 9.37. The molecule has 5 atom stereocenters. The molecule has 0 aliphatic carbocycles. The minimum absolute atomic E-state index is 0.133. The van der Waals surface area contributed by atoms with Crippen LogP contribution in [-0.2, 0) is 51.2 Å². The van der Waals surface area contributed by atoms with Crippen molar-refractivity contribution in [3.8, 4) is 5.75 Å². The van der Waals surface area contributed by atoms with Crippen molar-refractivity contribution >= 4 is 21.9 Å². The Bertz CT molecular complexity index is 1520. The Morgan fingerprint density at radius 2 is 1.69 bits per heavy atom. The molecule has 2 aliphatic rings. The predicted octanol–water partition coefficient (Wildman–Crippen LogP) is 5.30. The van der Waals surface area contributed by atoms with E-state index in [4.69, 9.17) is 32.6 Å². The average molecular weight is 751 g/mol. The molecule has 0 bridgehead atoms. The Morgan fingerprint density at radius 3 is 2.35 bits per heavy atom. The zero-order valence-electron chi connectivity index (χ0n) is 31.7. The number of fused-ring (bicyclic) bond motifs is 1. The maximum atomic E-state index is 12.9. The molecule has 292 valence electrons. The van der Waals surface area contributed by atoms with Crippen LogP contribution in [0.2, 0.25) is 0 Å². The lowest BCUT2D eigenvalue weighted by molar-refractivity contribution is -0.138. The standard InChI is InChI=1S/C38H58N2O11S/c1-27(51-52(7,43)44)15-19-49-35-34(30-12-9-28(10-13-30)25-47-22-21-46-6)33(24-40(37(41)42)36(35)38(2,3)4)50-26-29-11-14-32-31(23-29)39(17-20-48-32)16-8-18-45-5/h9-14,23,27,33-36H,8,15-22,24-26H2,1-7H3,(H,41,42)/t27-,33+,34+,35+,36?/m1/s1. The van der Waals surface area contributed by atoms with Gasteiger partial charge in [0.05, 0.1) is 75.8 Å². The monoisotopic (exact) mass is 750 g/mol. The molecule has 0 spiro atoms. The fraction of sp³-hybridized carbons (Fsp3) is 0.658. The van der Waals surface area contributed by atoms with Crippen LogP contribution in [0.25, 0.3) is 0 Å². The second-order valence-electron chi connectivity index (χ2n) is 14.6. The smallest absolute Gasteiger partial charge is 0.407 e. The summed E-state index contributed by atoms with van der Waals surface area (Å²) >= 11 is 0. The van der Waals surface area contributed by atoms with Crippen molar-refractivity contribution in [2.75, 3.05) is 78.0 Å². The van der Waals surface area contributed by atoms with Gasteiger partial charge in [-0.3, -0.25) is 9.08 Å². The molecule has 4 rings (SSSR count). The van der Waals surface area contributed by atoms with E-state index in [9.17, 15) is 18.3 Å². The van der Waals surface area contributed by atoms with Gasteiger partial charge in [0, 0.05) is 39.9 Å². The first-order valence-corrected chi connectivity index (χ1v) is 19.8. The van der Waals surface area contributed by atoms with Crippen molar-refractivity contribution in [2.24, 2.45) is 5.41 Å². The van der Waals surface area contributed by atoms with E-state index in [1.807, 2.05) is 57.2 Å². The van der Waals surface area contributed by atoms with Crippen LogP contribution < -0.4 is 9.64 Å². The molecular formula is C38H58N2O11S. The molecule has 2 aromatic carbocycles. The van der Waals surface area contributed by atoms with E-state index in [-0.39, 0.29) is 25.7 Å². The second-order valence-corrected chi connectivity index (χ2v) is 16.2. The maximum Gasteiger partial charge on any atom is 0.407 e. The van der Waals surface area contributed by atoms with E-state index in [0.717, 1.165) is 53.9 Å². The minimum atomic E-state index is -3.65. The van der Waals surface area contributed by atoms with Gasteiger partial charge < -0.3 is 38.4 Å². The van der Waals surface area contributed by atoms with Crippen molar-refractivity contribution in [3.05, 3.63) is 59.2 Å². The van der Waals surface area contributed by atoms with E-state index in [2.05, 4.69) is 11.0 Å². The molecule has 14 heteroatoms. The van der Waals surface area contributed by atoms with Crippen molar-refractivity contribution in [3.63, 3.8) is 0 Å². The molecule has 1 amide bonds. The molecule has 2 heterocycles. The average Bonchev–Trinajstić information content (AvgIpc) is 3.08. The highest BCUT2D eigenvalue weighted by atomic mass is 32.2. The number of methoxy groups -OCH3 is 2. The van der Waals surface area contributed by atoms with Crippen LogP contribution in [0.15, 0.2) is 42.5 Å². The highest BCUT2D eigenvalue weighted by molar-refractivity contribution is 7.86. The SMILES string of the molecule is COCCCN1CCOc2ccc(CO[C@H]3CN(C(=O)O)C(C(C)(C)C)[C@@H](OCC[C@@H](C)OS(C)(=O)=O)[C@H]3c3ccc(COCCOC)cc3)cc21. The molecule has 2 aliphatic heterocycles. The lowest BCUT2D eigenvalue weighted by Gasteiger charge is -2.52. The lowest BCUT2D eigenvalue weighted by Crippen LogP contribution is -2.64. The Balaban J connectivity index is 1.66. The summed E-state index contributed by atoms with van der Waals surface area (Å²) in [5.41, 5.74) is 3.36. The van der Waals surface area contributed by atoms with Crippen molar-refractivity contribution in [1.82, 2.24) is 4.90 Å². The van der Waals surface area contributed by atoms with Gasteiger partial charge in [-0.25, -0.2) is 4.79 Å². The number of hydrogen-bond acceptors (Lipinski definition) is 11. The zero-order valence-corrected chi connectivity index (χ0v) is 32.6. The summed E-state index contributed by atoms with van der Waals surface area (Å²) in [4.78, 5) is 16.7. The van der Waals surface area contributed by atoms with Gasteiger partial charge in [-0.05, 0) is 54.0 Å². The number of carbonyl (C=O) groups is 1. The first-order valence-electron chi connectivity index (χ1n) is 18.0. The van der Waals surface area contributed by atoms with Gasteiger partial charge >= 0.3 is 6.09 Å². The van der Waals surface area contributed by atoms with Crippen LogP contribution in [0.1, 0.15) is 63.1 Å². The summed E-state index contributed by atoms with van der Waals surface area (Å²) < 4.78 is 64.2. The van der Waals surface area contributed by atoms with Crippen LogP contribution in [-0.4, -0.2) is 122 Å². The molecule has 13 nitrogen and oxygen atoms in total. The van der Waals surface area contributed by atoms with Gasteiger partial charge in [0.1, 0.15) is 12.4 Å². The van der Waals surface area contributed by atoms with Crippen LogP contribution in [0.5, 0.6) is 5.75 Å². The second kappa shape index (κ2) is 19.4. The number of ether oxygens (including phenoxy) is 6. The number of likely N-dealkylation sites (tertiary alicyclic amines) is 1. The molecule has 0 radical (unpaired) electrons. The van der Waals surface area contributed by atoms with E-state index < -0.39 is 46.0 Å². The highest BCUT2D eigenvalue weighted by Crippen LogP contribution is 2.43. The number of rotatable bonds is 19. The normalized spacial score (nSPS) is 21.4. The number of anilines is 1. The Hall–Kier alpha value is -2.98. The summed E-state index contributed by atoms with van der Waals surface area (Å²) in [7, 11) is -0.319. The van der Waals surface area contributed by atoms with Crippen LogP contribution >= 0.6 is 0 Å². The zero-order chi connectivity index (χ0) is 37.9. The van der Waals surface area contributed by atoms with Crippen molar-refractivity contribution < 1.29 is 50.9 Å². The topological polar surface area (TPSA) is 143 Å². The fourth-order valence-corrected chi connectivity index (χ4v) is 7.74. The molecule has 1 N–H and O–H groups in total. The van der Waals surface area contributed by atoms with E-state index >= 15 is 0 Å². The van der Waals surface area contributed by atoms with Crippen molar-refractivity contribution in [2.45, 2.75) is 84.0 Å². The summed E-state index contributed by atoms with van der Waals surface area (Å²) in [5, 5.41) is 10.6.